The van der Waals surface area contributed by atoms with Gasteiger partial charge in [0.15, 0.2) is 5.78 Å². The molecule has 1 N–H and O–H groups in total. The van der Waals surface area contributed by atoms with Gasteiger partial charge in [-0.2, -0.15) is 0 Å². The fraction of sp³-hybridized carbons (Fsp3) is 0.500. The Morgan fingerprint density at radius 3 is 1.94 bits per heavy atom. The highest BCUT2D eigenvalue weighted by atomic mass is 16.3. The van der Waals surface area contributed by atoms with Crippen molar-refractivity contribution in [2.24, 2.45) is 5.41 Å². The molecule has 0 amide bonds. The molecule has 0 aromatic heterocycles. The van der Waals surface area contributed by atoms with Crippen LogP contribution in [0.3, 0.4) is 0 Å². The second-order valence-corrected chi connectivity index (χ2v) is 5.51. The maximum Gasteiger partial charge on any atom is 0.191 e. The second-order valence-electron chi connectivity index (χ2n) is 5.51. The zero-order valence-corrected chi connectivity index (χ0v) is 10.7. The summed E-state index contributed by atoms with van der Waals surface area (Å²) in [6, 6.07) is 5.66. The summed E-state index contributed by atoms with van der Waals surface area (Å²) in [5.41, 5.74) is 2.27. The number of hydrogen-bond donors (Lipinski definition) is 1. The van der Waals surface area contributed by atoms with E-state index in [0.29, 0.717) is 5.56 Å². The van der Waals surface area contributed by atoms with Crippen molar-refractivity contribution < 1.29 is 9.90 Å². The van der Waals surface area contributed by atoms with Gasteiger partial charge in [0.05, 0.1) is 0 Å². The Morgan fingerprint density at radius 1 is 1.12 bits per heavy atom. The van der Waals surface area contributed by atoms with Gasteiger partial charge in [-0.05, 0) is 31.4 Å². The van der Waals surface area contributed by atoms with Gasteiger partial charge in [0.1, 0.15) is 6.10 Å². The third kappa shape index (κ3) is 2.92. The molecule has 0 aliphatic rings. The Bertz CT molecular complexity index is 379. The van der Waals surface area contributed by atoms with Crippen molar-refractivity contribution in [2.45, 2.75) is 40.7 Å². The molecular formula is C14H20O2. The van der Waals surface area contributed by atoms with Crippen LogP contribution in [-0.4, -0.2) is 17.0 Å². The van der Waals surface area contributed by atoms with Gasteiger partial charge >= 0.3 is 0 Å². The molecule has 0 radical (unpaired) electrons. The van der Waals surface area contributed by atoms with Crippen LogP contribution >= 0.6 is 0 Å². The number of aryl methyl sites for hydroxylation is 2. The van der Waals surface area contributed by atoms with Crippen molar-refractivity contribution in [1.82, 2.24) is 0 Å². The lowest BCUT2D eigenvalue weighted by molar-refractivity contribution is 0.0442. The van der Waals surface area contributed by atoms with E-state index in [1.54, 1.807) is 0 Å². The number of aliphatic hydroxyl groups is 1. The summed E-state index contributed by atoms with van der Waals surface area (Å²) >= 11 is 0. The van der Waals surface area contributed by atoms with Gasteiger partial charge in [0.2, 0.25) is 0 Å². The lowest BCUT2D eigenvalue weighted by atomic mass is 9.84. The number of rotatable bonds is 2. The lowest BCUT2D eigenvalue weighted by Crippen LogP contribution is -2.34. The molecule has 0 heterocycles. The molecule has 1 rings (SSSR count). The Balaban J connectivity index is 3.06. The first-order valence-electron chi connectivity index (χ1n) is 5.52. The van der Waals surface area contributed by atoms with Crippen LogP contribution in [0.15, 0.2) is 18.2 Å². The highest BCUT2D eigenvalue weighted by Crippen LogP contribution is 2.23. The molecule has 0 spiro atoms. The van der Waals surface area contributed by atoms with E-state index in [4.69, 9.17) is 0 Å². The van der Waals surface area contributed by atoms with Crippen molar-refractivity contribution >= 4 is 5.78 Å². The van der Waals surface area contributed by atoms with Crippen LogP contribution in [0.4, 0.5) is 0 Å². The van der Waals surface area contributed by atoms with Crippen LogP contribution in [0.1, 0.15) is 42.3 Å². The molecule has 1 unspecified atom stereocenters. The van der Waals surface area contributed by atoms with Gasteiger partial charge in [-0.15, -0.1) is 0 Å². The molecule has 0 aliphatic carbocycles. The van der Waals surface area contributed by atoms with Gasteiger partial charge in [-0.3, -0.25) is 4.79 Å². The Hall–Kier alpha value is -1.15. The Morgan fingerprint density at radius 2 is 1.56 bits per heavy atom. The normalized spacial score (nSPS) is 13.6. The molecular weight excluding hydrogens is 200 g/mol. The quantitative estimate of drug-likeness (QED) is 0.778. The summed E-state index contributed by atoms with van der Waals surface area (Å²) in [5.74, 6) is -0.195. The van der Waals surface area contributed by atoms with Crippen LogP contribution < -0.4 is 0 Å². The zero-order chi connectivity index (χ0) is 12.5. The first-order valence-corrected chi connectivity index (χ1v) is 5.52. The highest BCUT2D eigenvalue weighted by molar-refractivity contribution is 6.00. The first-order chi connectivity index (χ1) is 7.21. The maximum atomic E-state index is 12.0. The van der Waals surface area contributed by atoms with Crippen molar-refractivity contribution in [1.29, 1.82) is 0 Å². The van der Waals surface area contributed by atoms with Crippen molar-refractivity contribution in [3.63, 3.8) is 0 Å². The number of carbonyl (C=O) groups is 1. The molecule has 88 valence electrons. The number of benzene rings is 1. The predicted octanol–water partition coefficient (Wildman–Crippen LogP) is 2.89. The summed E-state index contributed by atoms with van der Waals surface area (Å²) in [6.07, 6.45) is -0.950. The number of aliphatic hydroxyl groups excluding tert-OH is 1. The standard InChI is InChI=1S/C14H20O2/c1-9-6-10(2)8-11(7-9)12(15)13(16)14(3,4)5/h6-8,13,16H,1-5H3. The Labute approximate surface area is 97.3 Å². The smallest absolute Gasteiger partial charge is 0.191 e. The van der Waals surface area contributed by atoms with Crippen LogP contribution in [0.2, 0.25) is 0 Å². The van der Waals surface area contributed by atoms with Crippen molar-refractivity contribution in [2.75, 3.05) is 0 Å². The minimum Gasteiger partial charge on any atom is -0.384 e. The topological polar surface area (TPSA) is 37.3 Å². The van der Waals surface area contributed by atoms with E-state index in [1.165, 1.54) is 0 Å². The zero-order valence-electron chi connectivity index (χ0n) is 10.7. The average Bonchev–Trinajstić information content (AvgIpc) is 2.12. The van der Waals surface area contributed by atoms with E-state index in [9.17, 15) is 9.90 Å². The Kier molecular flexibility index (Phi) is 3.54. The van der Waals surface area contributed by atoms with Crippen LogP contribution in [0, 0.1) is 19.3 Å². The molecule has 1 aromatic rings. The number of carbonyl (C=O) groups excluding carboxylic acids is 1. The SMILES string of the molecule is Cc1cc(C)cc(C(=O)C(O)C(C)(C)C)c1. The predicted molar refractivity (Wildman–Crippen MR) is 65.7 cm³/mol. The third-order valence-electron chi connectivity index (χ3n) is 2.57. The molecule has 0 aliphatic heterocycles. The monoisotopic (exact) mass is 220 g/mol. The molecule has 0 bridgehead atoms. The second kappa shape index (κ2) is 4.38. The van der Waals surface area contributed by atoms with E-state index in [1.807, 2.05) is 52.8 Å². The fourth-order valence-corrected chi connectivity index (χ4v) is 1.67. The van der Waals surface area contributed by atoms with Gasteiger partial charge < -0.3 is 5.11 Å². The van der Waals surface area contributed by atoms with E-state index in [2.05, 4.69) is 0 Å². The summed E-state index contributed by atoms with van der Waals surface area (Å²) in [5, 5.41) is 9.94. The van der Waals surface area contributed by atoms with E-state index in [-0.39, 0.29) is 5.78 Å². The fourth-order valence-electron chi connectivity index (χ4n) is 1.67. The lowest BCUT2D eigenvalue weighted by Gasteiger charge is -2.24. The van der Waals surface area contributed by atoms with Gasteiger partial charge in [0.25, 0.3) is 0 Å². The van der Waals surface area contributed by atoms with Gasteiger partial charge in [-0.1, -0.05) is 38.0 Å². The molecule has 2 heteroatoms. The summed E-state index contributed by atoms with van der Waals surface area (Å²) in [6.45, 7) is 9.48. The van der Waals surface area contributed by atoms with E-state index >= 15 is 0 Å². The summed E-state index contributed by atoms with van der Waals surface area (Å²) in [7, 11) is 0. The molecule has 0 saturated heterocycles. The molecule has 1 aromatic carbocycles. The van der Waals surface area contributed by atoms with E-state index in [0.717, 1.165) is 11.1 Å². The minimum atomic E-state index is -0.950. The van der Waals surface area contributed by atoms with Gasteiger partial charge in [-0.25, -0.2) is 0 Å². The number of hydrogen-bond acceptors (Lipinski definition) is 2. The van der Waals surface area contributed by atoms with Crippen molar-refractivity contribution in [3.05, 3.63) is 34.9 Å². The summed E-state index contributed by atoms with van der Waals surface area (Å²) in [4.78, 5) is 12.0. The number of ketones is 1. The van der Waals surface area contributed by atoms with Crippen LogP contribution in [0.5, 0.6) is 0 Å². The largest absolute Gasteiger partial charge is 0.384 e. The molecule has 1 atom stereocenters. The molecule has 16 heavy (non-hydrogen) atoms. The van der Waals surface area contributed by atoms with Gasteiger partial charge in [0, 0.05) is 5.56 Å². The third-order valence-corrected chi connectivity index (χ3v) is 2.57. The summed E-state index contributed by atoms with van der Waals surface area (Å²) < 4.78 is 0. The molecule has 0 fully saturated rings. The number of Topliss-reactive ketones (excluding diaryl/α,β-unsaturated/α-hetero) is 1. The molecule has 2 nitrogen and oxygen atoms in total. The van der Waals surface area contributed by atoms with Crippen molar-refractivity contribution in [3.8, 4) is 0 Å². The molecule has 0 saturated carbocycles. The van der Waals surface area contributed by atoms with E-state index < -0.39 is 11.5 Å². The maximum absolute atomic E-state index is 12.0. The average molecular weight is 220 g/mol. The highest BCUT2D eigenvalue weighted by Gasteiger charge is 2.29. The van der Waals surface area contributed by atoms with Crippen LogP contribution in [-0.2, 0) is 0 Å². The minimum absolute atomic E-state index is 0.195. The first kappa shape index (κ1) is 12.9. The van der Waals surface area contributed by atoms with Crippen LogP contribution in [0.25, 0.3) is 0 Å².